The molecule has 0 unspecified atom stereocenters. The first-order valence-corrected chi connectivity index (χ1v) is 7.11. The molecule has 1 atom stereocenters. The van der Waals surface area contributed by atoms with Gasteiger partial charge in [-0.25, -0.2) is 0 Å². The first kappa shape index (κ1) is 14.1. The molecule has 0 aliphatic heterocycles. The van der Waals surface area contributed by atoms with Gasteiger partial charge in [0, 0.05) is 25.5 Å². The molecule has 0 aliphatic rings. The number of hydrogen-bond acceptors (Lipinski definition) is 3. The molecule has 0 aliphatic carbocycles. The Morgan fingerprint density at radius 2 is 2.29 bits per heavy atom. The smallest absolute Gasteiger partial charge is 0.235 e. The van der Waals surface area contributed by atoms with Crippen molar-refractivity contribution < 1.29 is 4.79 Å². The van der Waals surface area contributed by atoms with Gasteiger partial charge in [-0.15, -0.1) is 11.8 Å². The molecule has 4 nitrogen and oxygen atoms in total. The van der Waals surface area contributed by atoms with Crippen LogP contribution in [0.3, 0.4) is 0 Å². The minimum Gasteiger partial charge on any atom is -0.340 e. The number of nitrogens with zero attached hydrogens (tertiary/aromatic N) is 3. The summed E-state index contributed by atoms with van der Waals surface area (Å²) in [6, 6.07) is 1.90. The van der Waals surface area contributed by atoms with Crippen molar-refractivity contribution in [1.82, 2.24) is 14.7 Å². The summed E-state index contributed by atoms with van der Waals surface area (Å²) in [5.74, 6) is 1.20. The molecule has 0 radical (unpaired) electrons. The SMILES string of the molecule is CCS[C@@H](C)C(=O)N(CC)CCn1cccn1. The van der Waals surface area contributed by atoms with Gasteiger partial charge in [-0.1, -0.05) is 6.92 Å². The average Bonchev–Trinajstić information content (AvgIpc) is 2.83. The zero-order chi connectivity index (χ0) is 12.7. The van der Waals surface area contributed by atoms with E-state index in [0.29, 0.717) is 0 Å². The van der Waals surface area contributed by atoms with Crippen LogP contribution >= 0.6 is 11.8 Å². The predicted molar refractivity (Wildman–Crippen MR) is 72.1 cm³/mol. The first-order valence-electron chi connectivity index (χ1n) is 6.06. The fourth-order valence-electron chi connectivity index (χ4n) is 1.66. The third kappa shape index (κ3) is 4.42. The average molecular weight is 255 g/mol. The summed E-state index contributed by atoms with van der Waals surface area (Å²) in [5, 5.41) is 4.19. The van der Waals surface area contributed by atoms with Crippen LogP contribution < -0.4 is 0 Å². The molecule has 0 bridgehead atoms. The van der Waals surface area contributed by atoms with E-state index in [1.165, 1.54) is 0 Å². The summed E-state index contributed by atoms with van der Waals surface area (Å²) in [7, 11) is 0. The minimum absolute atomic E-state index is 0.0533. The number of thioether (sulfide) groups is 1. The molecule has 0 saturated carbocycles. The van der Waals surface area contributed by atoms with Crippen molar-refractivity contribution in [3.63, 3.8) is 0 Å². The maximum atomic E-state index is 12.1. The van der Waals surface area contributed by atoms with Gasteiger partial charge in [0.1, 0.15) is 0 Å². The van der Waals surface area contributed by atoms with Gasteiger partial charge in [-0.3, -0.25) is 9.48 Å². The molecule has 1 amide bonds. The van der Waals surface area contributed by atoms with Crippen LogP contribution in [0, 0.1) is 0 Å². The molecule has 17 heavy (non-hydrogen) atoms. The molecule has 0 spiro atoms. The molecule has 0 N–H and O–H groups in total. The summed E-state index contributed by atoms with van der Waals surface area (Å²) < 4.78 is 1.85. The molecular weight excluding hydrogens is 234 g/mol. The molecule has 5 heteroatoms. The van der Waals surface area contributed by atoms with Gasteiger partial charge in [0.15, 0.2) is 0 Å². The summed E-state index contributed by atoms with van der Waals surface area (Å²) >= 11 is 1.69. The quantitative estimate of drug-likeness (QED) is 0.746. The molecule has 1 heterocycles. The molecule has 96 valence electrons. The van der Waals surface area contributed by atoms with Crippen molar-refractivity contribution in [3.8, 4) is 0 Å². The molecule has 0 saturated heterocycles. The Kier molecular flexibility index (Phi) is 6.11. The molecule has 0 aromatic carbocycles. The second-order valence-corrected chi connectivity index (χ2v) is 5.40. The van der Waals surface area contributed by atoms with Crippen LogP contribution in [-0.4, -0.2) is 44.7 Å². The number of rotatable bonds is 7. The van der Waals surface area contributed by atoms with Gasteiger partial charge in [-0.2, -0.15) is 5.10 Å². The highest BCUT2D eigenvalue weighted by Gasteiger charge is 2.18. The molecule has 1 rings (SSSR count). The summed E-state index contributed by atoms with van der Waals surface area (Å²) in [4.78, 5) is 14.0. The molecular formula is C12H21N3OS. The Hall–Kier alpha value is -0.970. The zero-order valence-corrected chi connectivity index (χ0v) is 11.6. The highest BCUT2D eigenvalue weighted by atomic mass is 32.2. The summed E-state index contributed by atoms with van der Waals surface area (Å²) in [6.07, 6.45) is 3.68. The van der Waals surface area contributed by atoms with E-state index in [-0.39, 0.29) is 11.2 Å². The summed E-state index contributed by atoms with van der Waals surface area (Å²) in [6.45, 7) is 8.32. The Balaban J connectivity index is 2.44. The van der Waals surface area contributed by atoms with Crippen LogP contribution in [-0.2, 0) is 11.3 Å². The van der Waals surface area contributed by atoms with Crippen molar-refractivity contribution in [2.45, 2.75) is 32.6 Å². The highest BCUT2D eigenvalue weighted by molar-refractivity contribution is 8.00. The van der Waals surface area contributed by atoms with Gasteiger partial charge in [-0.05, 0) is 25.7 Å². The van der Waals surface area contributed by atoms with Gasteiger partial charge in [0.2, 0.25) is 5.91 Å². The zero-order valence-electron chi connectivity index (χ0n) is 10.8. The van der Waals surface area contributed by atoms with Gasteiger partial charge >= 0.3 is 0 Å². The number of likely N-dealkylation sites (N-methyl/N-ethyl adjacent to an activating group) is 1. The topological polar surface area (TPSA) is 38.1 Å². The second-order valence-electron chi connectivity index (χ2n) is 3.78. The first-order chi connectivity index (χ1) is 8.19. The van der Waals surface area contributed by atoms with Crippen LogP contribution in [0.1, 0.15) is 20.8 Å². The summed E-state index contributed by atoms with van der Waals surface area (Å²) in [5.41, 5.74) is 0. The minimum atomic E-state index is 0.0533. The molecule has 0 fully saturated rings. The number of carbonyl (C=O) groups excluding carboxylic acids is 1. The highest BCUT2D eigenvalue weighted by Crippen LogP contribution is 2.12. The van der Waals surface area contributed by atoms with E-state index in [9.17, 15) is 4.79 Å². The van der Waals surface area contributed by atoms with Gasteiger partial charge in [0.05, 0.1) is 11.8 Å². The fraction of sp³-hybridized carbons (Fsp3) is 0.667. The van der Waals surface area contributed by atoms with Gasteiger partial charge in [0.25, 0.3) is 0 Å². The van der Waals surface area contributed by atoms with Crippen molar-refractivity contribution in [1.29, 1.82) is 0 Å². The molecule has 1 aromatic heterocycles. The normalized spacial score (nSPS) is 12.4. The predicted octanol–water partition coefficient (Wildman–Crippen LogP) is 1.87. The van der Waals surface area contributed by atoms with E-state index < -0.39 is 0 Å². The third-order valence-electron chi connectivity index (χ3n) is 2.62. The monoisotopic (exact) mass is 255 g/mol. The van der Waals surface area contributed by atoms with E-state index in [1.807, 2.05) is 35.7 Å². The Bertz CT molecular complexity index is 327. The van der Waals surface area contributed by atoms with Crippen LogP contribution in [0.15, 0.2) is 18.5 Å². The maximum Gasteiger partial charge on any atom is 0.235 e. The van der Waals surface area contributed by atoms with E-state index in [4.69, 9.17) is 0 Å². The lowest BCUT2D eigenvalue weighted by molar-refractivity contribution is -0.130. The Morgan fingerprint density at radius 1 is 1.53 bits per heavy atom. The number of amides is 1. The number of carbonyl (C=O) groups is 1. The van der Waals surface area contributed by atoms with Crippen molar-refractivity contribution in [3.05, 3.63) is 18.5 Å². The second kappa shape index (κ2) is 7.37. The van der Waals surface area contributed by atoms with E-state index in [0.717, 1.165) is 25.4 Å². The Labute approximate surface area is 107 Å². The van der Waals surface area contributed by atoms with Crippen LogP contribution in [0.4, 0.5) is 0 Å². The lowest BCUT2D eigenvalue weighted by atomic mass is 10.3. The van der Waals surface area contributed by atoms with Crippen molar-refractivity contribution in [2.75, 3.05) is 18.8 Å². The maximum absolute atomic E-state index is 12.1. The van der Waals surface area contributed by atoms with Crippen LogP contribution in [0.25, 0.3) is 0 Å². The largest absolute Gasteiger partial charge is 0.340 e. The number of aromatic nitrogens is 2. The fourth-order valence-corrected chi connectivity index (χ4v) is 2.45. The molecule has 1 aromatic rings. The third-order valence-corrected chi connectivity index (χ3v) is 3.65. The van der Waals surface area contributed by atoms with E-state index >= 15 is 0 Å². The van der Waals surface area contributed by atoms with Crippen LogP contribution in [0.5, 0.6) is 0 Å². The Morgan fingerprint density at radius 3 is 2.82 bits per heavy atom. The van der Waals surface area contributed by atoms with Crippen molar-refractivity contribution >= 4 is 17.7 Å². The van der Waals surface area contributed by atoms with Crippen molar-refractivity contribution in [2.24, 2.45) is 0 Å². The lowest BCUT2D eigenvalue weighted by Gasteiger charge is -2.24. The van der Waals surface area contributed by atoms with E-state index in [1.54, 1.807) is 18.0 Å². The standard InChI is InChI=1S/C12H21N3OS/c1-4-14(12(16)11(3)17-5-2)9-10-15-8-6-7-13-15/h6-8,11H,4-5,9-10H2,1-3H3/t11-/m0/s1. The van der Waals surface area contributed by atoms with Crippen LogP contribution in [0.2, 0.25) is 0 Å². The lowest BCUT2D eigenvalue weighted by Crippen LogP contribution is -2.38. The number of hydrogen-bond donors (Lipinski definition) is 0. The van der Waals surface area contributed by atoms with E-state index in [2.05, 4.69) is 12.0 Å². The van der Waals surface area contributed by atoms with Gasteiger partial charge < -0.3 is 4.90 Å².